The number of carbonyl (C=O) groups excluding carboxylic acids is 2. The molecule has 0 spiro atoms. The summed E-state index contributed by atoms with van der Waals surface area (Å²) in [7, 11) is 0. The fourth-order valence-corrected chi connectivity index (χ4v) is 1.92. The van der Waals surface area contributed by atoms with Gasteiger partial charge in [0.15, 0.2) is 11.5 Å². The zero-order valence-corrected chi connectivity index (χ0v) is 14.2. The van der Waals surface area contributed by atoms with Crippen LogP contribution in [0.25, 0.3) is 11.0 Å². The summed E-state index contributed by atoms with van der Waals surface area (Å²) in [4.78, 5) is 46.1. The second-order valence-electron chi connectivity index (χ2n) is 4.66. The Morgan fingerprint density at radius 2 is 1.48 bits per heavy atom. The van der Waals surface area contributed by atoms with E-state index in [9.17, 15) is 19.2 Å². The van der Waals surface area contributed by atoms with Crippen LogP contribution >= 0.6 is 0 Å². The third-order valence-corrected chi connectivity index (χ3v) is 2.92. The molecule has 2 aromatic rings. The summed E-state index contributed by atoms with van der Waals surface area (Å²) in [5.41, 5.74) is -0.941. The standard InChI is InChI=1S/C16H14O11/c1-3-22-15(20)26-10-5-8-9(6-11(10)27-16(21)23-4-2)24-7-12(13(8)17)25-14(18)19/h5-7H,3-4H2,1-2H3,(H,18,19). The SMILES string of the molecule is CCOC(=O)Oc1cc2occ(OC(=O)O)c(=O)c2cc1OC(=O)OCC. The summed E-state index contributed by atoms with van der Waals surface area (Å²) in [5, 5.41) is 8.44. The molecule has 0 saturated carbocycles. The minimum absolute atomic E-state index is 0.0131. The van der Waals surface area contributed by atoms with Crippen molar-refractivity contribution in [2.45, 2.75) is 13.8 Å². The van der Waals surface area contributed by atoms with Gasteiger partial charge in [-0.3, -0.25) is 4.79 Å². The number of hydrogen-bond donors (Lipinski definition) is 1. The van der Waals surface area contributed by atoms with Gasteiger partial charge in [0.25, 0.3) is 0 Å². The number of carboxylic acid groups (broad SMARTS) is 1. The molecule has 0 bridgehead atoms. The van der Waals surface area contributed by atoms with Crippen LogP contribution in [0.3, 0.4) is 0 Å². The minimum atomic E-state index is -1.72. The smallest absolute Gasteiger partial charge is 0.460 e. The van der Waals surface area contributed by atoms with Gasteiger partial charge in [0.2, 0.25) is 11.2 Å². The lowest BCUT2D eigenvalue weighted by atomic mass is 10.2. The minimum Gasteiger partial charge on any atom is -0.460 e. The molecule has 0 fully saturated rings. The van der Waals surface area contributed by atoms with Crippen LogP contribution in [0.4, 0.5) is 14.4 Å². The molecule has 0 radical (unpaired) electrons. The first-order chi connectivity index (χ1) is 12.8. The number of rotatable bonds is 5. The molecule has 11 nitrogen and oxygen atoms in total. The first kappa shape index (κ1) is 19.6. The largest absolute Gasteiger partial charge is 0.513 e. The Kier molecular flexibility index (Phi) is 6.20. The number of carbonyl (C=O) groups is 3. The van der Waals surface area contributed by atoms with E-state index in [2.05, 4.69) is 14.2 Å². The fraction of sp³-hybridized carbons (Fsp3) is 0.250. The van der Waals surface area contributed by atoms with E-state index >= 15 is 0 Å². The summed E-state index contributed by atoms with van der Waals surface area (Å²) in [6, 6.07) is 2.11. The zero-order valence-electron chi connectivity index (χ0n) is 14.2. The van der Waals surface area contributed by atoms with Crippen LogP contribution in [-0.2, 0) is 9.47 Å². The predicted octanol–water partition coefficient (Wildman–Crippen LogP) is 2.92. The highest BCUT2D eigenvalue weighted by molar-refractivity contribution is 5.84. The molecule has 1 heterocycles. The maximum atomic E-state index is 12.3. The molecule has 0 atom stereocenters. The van der Waals surface area contributed by atoms with Gasteiger partial charge in [-0.05, 0) is 13.8 Å². The molecule has 0 saturated heterocycles. The highest BCUT2D eigenvalue weighted by atomic mass is 16.7. The second kappa shape index (κ2) is 8.56. The quantitative estimate of drug-likeness (QED) is 0.601. The third kappa shape index (κ3) is 4.87. The second-order valence-corrected chi connectivity index (χ2v) is 4.66. The Morgan fingerprint density at radius 3 is 2.00 bits per heavy atom. The molecule has 1 aromatic heterocycles. The van der Waals surface area contributed by atoms with Crippen LogP contribution in [0.5, 0.6) is 17.2 Å². The molecule has 2 rings (SSSR count). The van der Waals surface area contributed by atoms with Crippen LogP contribution < -0.4 is 19.6 Å². The van der Waals surface area contributed by atoms with Crippen molar-refractivity contribution in [3.63, 3.8) is 0 Å². The van der Waals surface area contributed by atoms with Crippen LogP contribution in [0.1, 0.15) is 13.8 Å². The van der Waals surface area contributed by atoms with Gasteiger partial charge in [0, 0.05) is 12.1 Å². The van der Waals surface area contributed by atoms with E-state index in [-0.39, 0.29) is 35.7 Å². The van der Waals surface area contributed by atoms with Crippen molar-refractivity contribution >= 4 is 29.4 Å². The van der Waals surface area contributed by atoms with Crippen LogP contribution in [0.2, 0.25) is 0 Å². The van der Waals surface area contributed by atoms with Gasteiger partial charge in [0.1, 0.15) is 11.8 Å². The topological polar surface area (TPSA) is 148 Å². The molecule has 0 aliphatic heterocycles. The van der Waals surface area contributed by atoms with Gasteiger partial charge < -0.3 is 33.2 Å². The Balaban J connectivity index is 2.54. The van der Waals surface area contributed by atoms with E-state index < -0.39 is 29.6 Å². The molecule has 11 heteroatoms. The highest BCUT2D eigenvalue weighted by Crippen LogP contribution is 2.33. The molecule has 27 heavy (non-hydrogen) atoms. The first-order valence-electron chi connectivity index (χ1n) is 7.55. The summed E-state index contributed by atoms with van der Waals surface area (Å²) in [6.45, 7) is 3.15. The Bertz CT molecular complexity index is 928. The molecule has 144 valence electrons. The summed E-state index contributed by atoms with van der Waals surface area (Å²) < 4.78 is 28.6. The molecule has 0 unspecified atom stereocenters. The van der Waals surface area contributed by atoms with Crippen molar-refractivity contribution in [1.29, 1.82) is 0 Å². The lowest BCUT2D eigenvalue weighted by Crippen LogP contribution is -2.15. The third-order valence-electron chi connectivity index (χ3n) is 2.92. The Labute approximate surface area is 150 Å². The molecule has 0 amide bonds. The van der Waals surface area contributed by atoms with Crippen LogP contribution in [0.15, 0.2) is 27.6 Å². The van der Waals surface area contributed by atoms with Crippen LogP contribution in [-0.4, -0.2) is 36.8 Å². The van der Waals surface area contributed by atoms with E-state index in [0.29, 0.717) is 0 Å². The predicted molar refractivity (Wildman–Crippen MR) is 86.4 cm³/mol. The van der Waals surface area contributed by atoms with Gasteiger partial charge in [0.05, 0.1) is 18.6 Å². The van der Waals surface area contributed by atoms with Gasteiger partial charge >= 0.3 is 18.5 Å². The van der Waals surface area contributed by atoms with Gasteiger partial charge in [-0.25, -0.2) is 14.4 Å². The van der Waals surface area contributed by atoms with E-state index in [1.165, 1.54) is 0 Å². The maximum absolute atomic E-state index is 12.3. The number of fused-ring (bicyclic) bond motifs is 1. The van der Waals surface area contributed by atoms with Gasteiger partial charge in [-0.2, -0.15) is 0 Å². The highest BCUT2D eigenvalue weighted by Gasteiger charge is 2.20. The monoisotopic (exact) mass is 382 g/mol. The van der Waals surface area contributed by atoms with Crippen molar-refractivity contribution in [2.75, 3.05) is 13.2 Å². The summed E-state index contributed by atoms with van der Waals surface area (Å²) in [5.74, 6) is -1.24. The van der Waals surface area contributed by atoms with Crippen molar-refractivity contribution in [1.82, 2.24) is 0 Å². The normalized spacial score (nSPS) is 10.1. The van der Waals surface area contributed by atoms with E-state index in [1.807, 2.05) is 0 Å². The average Bonchev–Trinajstić information content (AvgIpc) is 2.58. The fourth-order valence-electron chi connectivity index (χ4n) is 1.92. The maximum Gasteiger partial charge on any atom is 0.513 e. The van der Waals surface area contributed by atoms with Gasteiger partial charge in [-0.1, -0.05) is 0 Å². The zero-order chi connectivity index (χ0) is 20.0. The number of ether oxygens (including phenoxy) is 5. The molecular weight excluding hydrogens is 368 g/mol. The first-order valence-corrected chi connectivity index (χ1v) is 7.55. The van der Waals surface area contributed by atoms with Crippen molar-refractivity contribution < 1.29 is 47.6 Å². The molecule has 1 N–H and O–H groups in total. The van der Waals surface area contributed by atoms with Crippen molar-refractivity contribution in [2.24, 2.45) is 0 Å². The lowest BCUT2D eigenvalue weighted by Gasteiger charge is -2.11. The molecular formula is C16H14O11. The van der Waals surface area contributed by atoms with E-state index in [4.69, 9.17) is 19.0 Å². The average molecular weight is 382 g/mol. The molecule has 0 aliphatic rings. The molecule has 1 aromatic carbocycles. The number of benzene rings is 1. The van der Waals surface area contributed by atoms with Crippen molar-refractivity contribution in [3.8, 4) is 17.2 Å². The van der Waals surface area contributed by atoms with E-state index in [0.717, 1.165) is 18.4 Å². The number of hydrogen-bond acceptors (Lipinski definition) is 10. The summed E-state index contributed by atoms with van der Waals surface area (Å²) >= 11 is 0. The molecule has 0 aliphatic carbocycles. The Morgan fingerprint density at radius 1 is 0.926 bits per heavy atom. The van der Waals surface area contributed by atoms with Crippen molar-refractivity contribution in [3.05, 3.63) is 28.6 Å². The van der Waals surface area contributed by atoms with E-state index in [1.54, 1.807) is 13.8 Å². The Hall–Kier alpha value is -3.76. The summed E-state index contributed by atoms with van der Waals surface area (Å²) in [6.07, 6.45) is -3.14. The van der Waals surface area contributed by atoms with Gasteiger partial charge in [-0.15, -0.1) is 0 Å². The lowest BCUT2D eigenvalue weighted by molar-refractivity contribution is 0.0940. The van der Waals surface area contributed by atoms with Crippen LogP contribution in [0, 0.1) is 0 Å².